The van der Waals surface area contributed by atoms with Crippen LogP contribution in [0.25, 0.3) is 0 Å². The summed E-state index contributed by atoms with van der Waals surface area (Å²) in [4.78, 5) is 11.5. The molecule has 0 saturated carbocycles. The van der Waals surface area contributed by atoms with E-state index in [4.69, 9.17) is 18.0 Å². The molecular weight excluding hydrogens is 288 g/mol. The molecule has 0 radical (unpaired) electrons. The Labute approximate surface area is 130 Å². The number of rotatable bonds is 14. The van der Waals surface area contributed by atoms with Gasteiger partial charge in [0.05, 0.1) is 6.61 Å². The van der Waals surface area contributed by atoms with Crippen LogP contribution in [-0.4, -0.2) is 41.2 Å². The highest BCUT2D eigenvalue weighted by Crippen LogP contribution is 2.18. The Bertz CT molecular complexity index is 243. The summed E-state index contributed by atoms with van der Waals surface area (Å²) in [5.41, 5.74) is 0. The molecule has 0 unspecified atom stereocenters. The number of unbranched alkanes of at least 4 members (excludes halogenated alkanes) is 2. The molecule has 0 aliphatic heterocycles. The summed E-state index contributed by atoms with van der Waals surface area (Å²) < 4.78 is 22.5. The molecule has 21 heavy (non-hydrogen) atoms. The van der Waals surface area contributed by atoms with Gasteiger partial charge in [0, 0.05) is 32.3 Å². The minimum atomic E-state index is -2.59. The van der Waals surface area contributed by atoms with E-state index >= 15 is 0 Å². The van der Waals surface area contributed by atoms with Gasteiger partial charge in [-0.05, 0) is 33.6 Å². The molecule has 0 heterocycles. The van der Waals surface area contributed by atoms with Crippen molar-refractivity contribution in [3.8, 4) is 0 Å². The smallest absolute Gasteiger partial charge is 0.466 e. The van der Waals surface area contributed by atoms with Gasteiger partial charge in [-0.1, -0.05) is 19.8 Å². The summed E-state index contributed by atoms with van der Waals surface area (Å²) in [5.74, 6) is -0.111. The van der Waals surface area contributed by atoms with Crippen LogP contribution in [-0.2, 0) is 22.8 Å². The van der Waals surface area contributed by atoms with Crippen LogP contribution in [0.2, 0.25) is 6.04 Å². The number of esters is 1. The first-order chi connectivity index (χ1) is 10.1. The van der Waals surface area contributed by atoms with Gasteiger partial charge in [-0.3, -0.25) is 4.79 Å². The molecule has 0 rings (SSSR count). The third kappa shape index (κ3) is 10.0. The zero-order valence-electron chi connectivity index (χ0n) is 14.1. The van der Waals surface area contributed by atoms with E-state index < -0.39 is 8.80 Å². The molecule has 0 saturated heterocycles. The molecule has 0 aromatic rings. The first-order valence-corrected chi connectivity index (χ1v) is 10.1. The molecule has 0 aliphatic carbocycles. The van der Waals surface area contributed by atoms with Gasteiger partial charge >= 0.3 is 14.8 Å². The average molecular weight is 321 g/mol. The first-order valence-electron chi connectivity index (χ1n) is 8.21. The molecule has 0 aliphatic rings. The first kappa shape index (κ1) is 20.6. The molecule has 0 aromatic carbocycles. The van der Waals surface area contributed by atoms with Crippen LogP contribution < -0.4 is 0 Å². The van der Waals surface area contributed by atoms with E-state index in [2.05, 4.69) is 6.92 Å². The second-order valence-corrected chi connectivity index (χ2v) is 7.50. The Morgan fingerprint density at radius 1 is 0.857 bits per heavy atom. The minimum absolute atomic E-state index is 0.111. The quantitative estimate of drug-likeness (QED) is 0.278. The standard InChI is InChI=1S/C15H32O5Si/c1-5-9-10-12-15(16)17-13-11-14-21(18-6-2,19-7-3)20-8-4/h5-14H2,1-4H3. The average Bonchev–Trinajstić information content (AvgIpc) is 2.45. The molecule has 0 amide bonds. The van der Waals surface area contributed by atoms with Gasteiger partial charge in [0.2, 0.25) is 0 Å². The van der Waals surface area contributed by atoms with Crippen LogP contribution >= 0.6 is 0 Å². The van der Waals surface area contributed by atoms with Crippen molar-refractivity contribution in [3.63, 3.8) is 0 Å². The summed E-state index contributed by atoms with van der Waals surface area (Å²) in [6.45, 7) is 10.1. The topological polar surface area (TPSA) is 54.0 Å². The molecular formula is C15H32O5Si. The van der Waals surface area contributed by atoms with Crippen LogP contribution in [0.1, 0.15) is 59.8 Å². The highest BCUT2D eigenvalue weighted by molar-refractivity contribution is 6.60. The molecule has 0 N–H and O–H groups in total. The van der Waals surface area contributed by atoms with Gasteiger partial charge in [0.25, 0.3) is 0 Å². The number of carbonyl (C=O) groups is 1. The summed E-state index contributed by atoms with van der Waals surface area (Å²) >= 11 is 0. The number of carbonyl (C=O) groups excluding carboxylic acids is 1. The Morgan fingerprint density at radius 3 is 1.90 bits per heavy atom. The second kappa shape index (κ2) is 13.2. The Hall–Kier alpha value is -0.433. The van der Waals surface area contributed by atoms with Gasteiger partial charge in [0.15, 0.2) is 0 Å². The van der Waals surface area contributed by atoms with Gasteiger partial charge in [-0.2, -0.15) is 0 Å². The van der Waals surface area contributed by atoms with E-state index in [9.17, 15) is 4.79 Å². The maximum absolute atomic E-state index is 11.5. The number of ether oxygens (including phenoxy) is 1. The van der Waals surface area contributed by atoms with Crippen molar-refractivity contribution in [1.29, 1.82) is 0 Å². The molecule has 0 bridgehead atoms. The van der Waals surface area contributed by atoms with Crippen molar-refractivity contribution in [2.75, 3.05) is 26.4 Å². The third-order valence-corrected chi connectivity index (χ3v) is 6.12. The zero-order chi connectivity index (χ0) is 16.0. The van der Waals surface area contributed by atoms with Crippen molar-refractivity contribution in [2.45, 2.75) is 65.8 Å². The fourth-order valence-corrected chi connectivity index (χ4v) is 4.65. The Balaban J connectivity index is 4.03. The van der Waals surface area contributed by atoms with Gasteiger partial charge in [-0.25, -0.2) is 0 Å². The van der Waals surface area contributed by atoms with E-state index in [-0.39, 0.29) is 5.97 Å². The normalized spacial score (nSPS) is 11.6. The fourth-order valence-electron chi connectivity index (χ4n) is 2.07. The molecule has 0 atom stereocenters. The number of hydrogen-bond donors (Lipinski definition) is 0. The predicted molar refractivity (Wildman–Crippen MR) is 85.2 cm³/mol. The molecule has 0 fully saturated rings. The van der Waals surface area contributed by atoms with E-state index in [1.54, 1.807) is 0 Å². The van der Waals surface area contributed by atoms with E-state index in [1.807, 2.05) is 20.8 Å². The van der Waals surface area contributed by atoms with Crippen molar-refractivity contribution < 1.29 is 22.8 Å². The van der Waals surface area contributed by atoms with Crippen LogP contribution in [0.4, 0.5) is 0 Å². The maximum atomic E-state index is 11.5. The Kier molecular flexibility index (Phi) is 13.0. The number of hydrogen-bond acceptors (Lipinski definition) is 5. The van der Waals surface area contributed by atoms with Crippen LogP contribution in [0.3, 0.4) is 0 Å². The van der Waals surface area contributed by atoms with Crippen molar-refractivity contribution in [1.82, 2.24) is 0 Å². The minimum Gasteiger partial charge on any atom is -0.466 e. The van der Waals surface area contributed by atoms with E-state index in [1.165, 1.54) is 0 Å². The molecule has 6 heteroatoms. The van der Waals surface area contributed by atoms with Crippen molar-refractivity contribution in [2.24, 2.45) is 0 Å². The lowest BCUT2D eigenvalue weighted by Crippen LogP contribution is -2.46. The maximum Gasteiger partial charge on any atom is 0.501 e. The summed E-state index contributed by atoms with van der Waals surface area (Å²) in [5, 5.41) is 0. The van der Waals surface area contributed by atoms with Gasteiger partial charge in [-0.15, -0.1) is 0 Å². The largest absolute Gasteiger partial charge is 0.501 e. The molecule has 5 nitrogen and oxygen atoms in total. The van der Waals surface area contributed by atoms with Crippen LogP contribution in [0.15, 0.2) is 0 Å². The lowest BCUT2D eigenvalue weighted by Gasteiger charge is -2.28. The lowest BCUT2D eigenvalue weighted by molar-refractivity contribution is -0.143. The summed E-state index contributed by atoms with van der Waals surface area (Å²) in [7, 11) is -2.59. The van der Waals surface area contributed by atoms with Crippen molar-refractivity contribution >= 4 is 14.8 Å². The van der Waals surface area contributed by atoms with E-state index in [0.717, 1.165) is 19.3 Å². The second-order valence-electron chi connectivity index (χ2n) is 4.76. The summed E-state index contributed by atoms with van der Waals surface area (Å²) in [6, 6.07) is 0.685. The molecule has 0 spiro atoms. The highest BCUT2D eigenvalue weighted by Gasteiger charge is 2.39. The summed E-state index contributed by atoms with van der Waals surface area (Å²) in [6.07, 6.45) is 4.32. The van der Waals surface area contributed by atoms with Gasteiger partial charge in [0.1, 0.15) is 0 Å². The SMILES string of the molecule is CCCCCC(=O)OCCC[Si](OCC)(OCC)OCC. The monoisotopic (exact) mass is 320 g/mol. The van der Waals surface area contributed by atoms with E-state index in [0.29, 0.717) is 45.3 Å². The predicted octanol–water partition coefficient (Wildman–Crippen LogP) is 3.55. The lowest BCUT2D eigenvalue weighted by atomic mass is 10.2. The van der Waals surface area contributed by atoms with Crippen LogP contribution in [0, 0.1) is 0 Å². The fraction of sp³-hybridized carbons (Fsp3) is 0.933. The molecule has 0 aromatic heterocycles. The van der Waals surface area contributed by atoms with Gasteiger partial charge < -0.3 is 18.0 Å². The van der Waals surface area contributed by atoms with Crippen molar-refractivity contribution in [3.05, 3.63) is 0 Å². The molecule has 126 valence electrons. The Morgan fingerprint density at radius 2 is 1.43 bits per heavy atom. The highest BCUT2D eigenvalue weighted by atomic mass is 28.4. The third-order valence-electron chi connectivity index (χ3n) is 2.97. The zero-order valence-corrected chi connectivity index (χ0v) is 15.1. The van der Waals surface area contributed by atoms with Crippen LogP contribution in [0.5, 0.6) is 0 Å².